The second-order valence-electron chi connectivity index (χ2n) is 5.50. The number of pyridine rings is 1. The van der Waals surface area contributed by atoms with Crippen molar-refractivity contribution < 1.29 is 19.4 Å². The number of rotatable bonds is 3. The summed E-state index contributed by atoms with van der Waals surface area (Å²) in [6, 6.07) is 10.4. The quantitative estimate of drug-likeness (QED) is 0.724. The zero-order valence-corrected chi connectivity index (χ0v) is 12.9. The molecule has 0 aliphatic carbocycles. The van der Waals surface area contributed by atoms with Crippen LogP contribution in [0.1, 0.15) is 12.0 Å². The summed E-state index contributed by atoms with van der Waals surface area (Å²) in [6.07, 6.45) is 3.33. The van der Waals surface area contributed by atoms with Gasteiger partial charge in [0.1, 0.15) is 11.4 Å². The fourth-order valence-corrected chi connectivity index (χ4v) is 2.56. The molecule has 0 saturated heterocycles. The SMILES string of the molecule is O=C(NCC1(O)CCOc2ccccc21)C(=O)Nc1cccnc1. The molecule has 2 amide bonds. The molecule has 1 aromatic carbocycles. The van der Waals surface area contributed by atoms with E-state index in [2.05, 4.69) is 15.6 Å². The van der Waals surface area contributed by atoms with Gasteiger partial charge in [-0.05, 0) is 18.2 Å². The van der Waals surface area contributed by atoms with Gasteiger partial charge in [-0.15, -0.1) is 0 Å². The minimum absolute atomic E-state index is 0.0767. The number of nitrogens with one attached hydrogen (secondary N) is 2. The number of carbonyl (C=O) groups is 2. The van der Waals surface area contributed by atoms with Crippen molar-refractivity contribution in [2.24, 2.45) is 0 Å². The van der Waals surface area contributed by atoms with Gasteiger partial charge >= 0.3 is 11.8 Å². The number of hydrogen-bond donors (Lipinski definition) is 3. The van der Waals surface area contributed by atoms with E-state index in [-0.39, 0.29) is 6.54 Å². The maximum Gasteiger partial charge on any atom is 0.313 e. The van der Waals surface area contributed by atoms with Crippen LogP contribution in [0.3, 0.4) is 0 Å². The molecule has 1 unspecified atom stereocenters. The molecule has 2 heterocycles. The van der Waals surface area contributed by atoms with E-state index in [1.54, 1.807) is 36.5 Å². The Morgan fingerprint density at radius 2 is 2.04 bits per heavy atom. The molecule has 3 N–H and O–H groups in total. The number of anilines is 1. The van der Waals surface area contributed by atoms with Gasteiger partial charge in [-0.2, -0.15) is 0 Å². The molecule has 1 atom stereocenters. The fourth-order valence-electron chi connectivity index (χ4n) is 2.56. The zero-order valence-electron chi connectivity index (χ0n) is 12.9. The average molecular weight is 327 g/mol. The largest absolute Gasteiger partial charge is 0.493 e. The van der Waals surface area contributed by atoms with Crippen molar-refractivity contribution in [2.75, 3.05) is 18.5 Å². The number of fused-ring (bicyclic) bond motifs is 1. The van der Waals surface area contributed by atoms with Gasteiger partial charge in [-0.25, -0.2) is 0 Å². The first kappa shape index (κ1) is 15.9. The molecule has 7 nitrogen and oxygen atoms in total. The third kappa shape index (κ3) is 3.36. The van der Waals surface area contributed by atoms with E-state index in [1.165, 1.54) is 6.20 Å². The Labute approximate surface area is 138 Å². The summed E-state index contributed by atoms with van der Waals surface area (Å²) in [7, 11) is 0. The number of benzene rings is 1. The smallest absolute Gasteiger partial charge is 0.313 e. The van der Waals surface area contributed by atoms with Crippen LogP contribution in [0.2, 0.25) is 0 Å². The number of aromatic nitrogens is 1. The lowest BCUT2D eigenvalue weighted by Crippen LogP contribution is -2.46. The van der Waals surface area contributed by atoms with E-state index >= 15 is 0 Å². The lowest BCUT2D eigenvalue weighted by Gasteiger charge is -2.34. The van der Waals surface area contributed by atoms with Crippen LogP contribution >= 0.6 is 0 Å². The highest BCUT2D eigenvalue weighted by molar-refractivity contribution is 6.39. The zero-order chi connectivity index (χ0) is 17.0. The van der Waals surface area contributed by atoms with Gasteiger partial charge in [0.15, 0.2) is 0 Å². The van der Waals surface area contributed by atoms with Crippen LogP contribution in [0.5, 0.6) is 5.75 Å². The molecule has 0 spiro atoms. The number of hydrogen-bond acceptors (Lipinski definition) is 5. The third-order valence-electron chi connectivity index (χ3n) is 3.83. The van der Waals surface area contributed by atoms with Gasteiger partial charge < -0.3 is 20.5 Å². The van der Waals surface area contributed by atoms with Crippen molar-refractivity contribution in [2.45, 2.75) is 12.0 Å². The second-order valence-corrected chi connectivity index (χ2v) is 5.50. The van der Waals surface area contributed by atoms with Gasteiger partial charge in [0.25, 0.3) is 0 Å². The fraction of sp³-hybridized carbons (Fsp3) is 0.235. The molecule has 0 bridgehead atoms. The lowest BCUT2D eigenvalue weighted by atomic mass is 9.88. The predicted octanol–water partition coefficient (Wildman–Crippen LogP) is 0.807. The Hall–Kier alpha value is -2.93. The van der Waals surface area contributed by atoms with E-state index < -0.39 is 17.4 Å². The summed E-state index contributed by atoms with van der Waals surface area (Å²) < 4.78 is 5.49. The van der Waals surface area contributed by atoms with Crippen molar-refractivity contribution in [3.63, 3.8) is 0 Å². The molecule has 1 aromatic heterocycles. The topological polar surface area (TPSA) is 101 Å². The summed E-state index contributed by atoms with van der Waals surface area (Å²) in [5.74, 6) is -1.05. The molecule has 0 saturated carbocycles. The molecule has 7 heteroatoms. The summed E-state index contributed by atoms with van der Waals surface area (Å²) in [5.41, 5.74) is -0.240. The first-order chi connectivity index (χ1) is 11.6. The lowest BCUT2D eigenvalue weighted by molar-refractivity contribution is -0.137. The minimum Gasteiger partial charge on any atom is -0.493 e. The van der Waals surface area contributed by atoms with Gasteiger partial charge in [0, 0.05) is 18.2 Å². The molecule has 0 fully saturated rings. The van der Waals surface area contributed by atoms with Crippen LogP contribution in [-0.4, -0.2) is 35.1 Å². The number of aliphatic hydroxyl groups is 1. The summed E-state index contributed by atoms with van der Waals surface area (Å²) >= 11 is 0. The van der Waals surface area contributed by atoms with Crippen molar-refractivity contribution >= 4 is 17.5 Å². The first-order valence-corrected chi connectivity index (χ1v) is 7.52. The summed E-state index contributed by atoms with van der Waals surface area (Å²) in [4.78, 5) is 27.7. The number of amides is 2. The molecular weight excluding hydrogens is 310 g/mol. The minimum atomic E-state index is -1.26. The van der Waals surface area contributed by atoms with Crippen molar-refractivity contribution in [1.82, 2.24) is 10.3 Å². The van der Waals surface area contributed by atoms with Crippen molar-refractivity contribution in [3.8, 4) is 5.75 Å². The van der Waals surface area contributed by atoms with E-state index in [0.29, 0.717) is 30.0 Å². The van der Waals surface area contributed by atoms with E-state index in [1.807, 2.05) is 6.07 Å². The number of nitrogens with zero attached hydrogens (tertiary/aromatic N) is 1. The Kier molecular flexibility index (Phi) is 4.43. The molecule has 3 rings (SSSR count). The number of ether oxygens (including phenoxy) is 1. The molecule has 2 aromatic rings. The van der Waals surface area contributed by atoms with Crippen LogP contribution in [0.25, 0.3) is 0 Å². The highest BCUT2D eigenvalue weighted by atomic mass is 16.5. The van der Waals surface area contributed by atoms with Gasteiger partial charge in [-0.1, -0.05) is 18.2 Å². The molecule has 0 radical (unpaired) electrons. The van der Waals surface area contributed by atoms with Crippen LogP contribution in [-0.2, 0) is 15.2 Å². The van der Waals surface area contributed by atoms with E-state index in [9.17, 15) is 14.7 Å². The summed E-state index contributed by atoms with van der Waals surface area (Å²) in [6.45, 7) is 0.262. The highest BCUT2D eigenvalue weighted by Crippen LogP contribution is 2.36. The normalized spacial score (nSPS) is 18.9. The van der Waals surface area contributed by atoms with Crippen LogP contribution in [0, 0.1) is 0 Å². The van der Waals surface area contributed by atoms with Crippen molar-refractivity contribution in [1.29, 1.82) is 0 Å². The van der Waals surface area contributed by atoms with Crippen LogP contribution < -0.4 is 15.4 Å². The standard InChI is InChI=1S/C17H17N3O4/c21-15(16(22)20-12-4-3-8-18-10-12)19-11-17(23)7-9-24-14-6-2-1-5-13(14)17/h1-6,8,10,23H,7,9,11H2,(H,19,21)(H,20,22). The second kappa shape index (κ2) is 6.67. The van der Waals surface area contributed by atoms with Crippen LogP contribution in [0.15, 0.2) is 48.8 Å². The molecule has 1 aliphatic heterocycles. The Balaban J connectivity index is 1.63. The van der Waals surface area contributed by atoms with E-state index in [0.717, 1.165) is 0 Å². The van der Waals surface area contributed by atoms with Gasteiger partial charge in [-0.3, -0.25) is 14.6 Å². The van der Waals surface area contributed by atoms with Gasteiger partial charge in [0.05, 0.1) is 25.0 Å². The predicted molar refractivity (Wildman–Crippen MR) is 86.3 cm³/mol. The maximum absolute atomic E-state index is 12.0. The van der Waals surface area contributed by atoms with Crippen molar-refractivity contribution in [3.05, 3.63) is 54.4 Å². The molecular formula is C17H17N3O4. The Bertz CT molecular complexity index is 751. The molecule has 124 valence electrons. The molecule has 24 heavy (non-hydrogen) atoms. The Morgan fingerprint density at radius 3 is 2.83 bits per heavy atom. The van der Waals surface area contributed by atoms with E-state index in [4.69, 9.17) is 4.74 Å². The number of para-hydroxylation sites is 1. The van der Waals surface area contributed by atoms with Crippen LogP contribution in [0.4, 0.5) is 5.69 Å². The highest BCUT2D eigenvalue weighted by Gasteiger charge is 2.36. The monoisotopic (exact) mass is 327 g/mol. The number of carbonyl (C=O) groups excluding carboxylic acids is 2. The summed E-state index contributed by atoms with van der Waals surface area (Å²) in [5, 5.41) is 15.7. The average Bonchev–Trinajstić information content (AvgIpc) is 2.61. The van der Waals surface area contributed by atoms with Gasteiger partial charge in [0.2, 0.25) is 0 Å². The Morgan fingerprint density at radius 1 is 1.21 bits per heavy atom. The third-order valence-corrected chi connectivity index (χ3v) is 3.83. The maximum atomic E-state index is 12.0. The first-order valence-electron chi connectivity index (χ1n) is 7.52. The molecule has 1 aliphatic rings.